The number of nitrogens with zero attached hydrogens (tertiary/aromatic N) is 1. The molecule has 0 aliphatic heterocycles. The zero-order valence-corrected chi connectivity index (χ0v) is 12.3. The number of aliphatic hydroxyl groups is 1. The van der Waals surface area contributed by atoms with E-state index in [9.17, 15) is 5.11 Å². The highest BCUT2D eigenvalue weighted by atomic mass is 35.5. The van der Waals surface area contributed by atoms with Crippen LogP contribution in [0.25, 0.3) is 0 Å². The molecular formula is C14H17ClN2OS. The van der Waals surface area contributed by atoms with E-state index < -0.39 is 6.10 Å². The molecule has 0 saturated carbocycles. The zero-order valence-electron chi connectivity index (χ0n) is 10.7. The van der Waals surface area contributed by atoms with E-state index in [1.54, 1.807) is 17.4 Å². The lowest BCUT2D eigenvalue weighted by atomic mass is 10.1. The number of thiophene rings is 1. The van der Waals surface area contributed by atoms with Crippen LogP contribution in [0.2, 0.25) is 4.34 Å². The molecule has 0 aliphatic rings. The molecule has 2 rings (SSSR count). The van der Waals surface area contributed by atoms with Crippen molar-refractivity contribution in [2.45, 2.75) is 12.6 Å². The maximum atomic E-state index is 10.2. The summed E-state index contributed by atoms with van der Waals surface area (Å²) < 4.78 is 0.791. The second-order valence-electron chi connectivity index (χ2n) is 4.59. The van der Waals surface area contributed by atoms with Crippen LogP contribution in [-0.2, 0) is 6.54 Å². The molecule has 102 valence electrons. The van der Waals surface area contributed by atoms with Crippen LogP contribution in [0.15, 0.2) is 36.4 Å². The minimum Gasteiger partial charge on any atom is -0.399 e. The van der Waals surface area contributed by atoms with E-state index in [0.29, 0.717) is 12.2 Å². The molecule has 0 fully saturated rings. The molecule has 0 amide bonds. The van der Waals surface area contributed by atoms with Gasteiger partial charge >= 0.3 is 0 Å². The Morgan fingerprint density at radius 3 is 2.79 bits per heavy atom. The Kier molecular flexibility index (Phi) is 4.82. The largest absolute Gasteiger partial charge is 0.399 e. The van der Waals surface area contributed by atoms with Gasteiger partial charge in [0.25, 0.3) is 0 Å². The van der Waals surface area contributed by atoms with Crippen molar-refractivity contribution in [2.24, 2.45) is 0 Å². The van der Waals surface area contributed by atoms with Gasteiger partial charge in [-0.1, -0.05) is 23.7 Å². The summed E-state index contributed by atoms with van der Waals surface area (Å²) in [6, 6.07) is 11.3. The molecule has 0 spiro atoms. The lowest BCUT2D eigenvalue weighted by Crippen LogP contribution is -2.23. The topological polar surface area (TPSA) is 49.5 Å². The van der Waals surface area contributed by atoms with Gasteiger partial charge < -0.3 is 10.8 Å². The van der Waals surface area contributed by atoms with Crippen molar-refractivity contribution in [3.8, 4) is 0 Å². The third-order valence-corrected chi connectivity index (χ3v) is 4.05. The van der Waals surface area contributed by atoms with E-state index in [0.717, 1.165) is 16.4 Å². The molecule has 1 aromatic carbocycles. The minimum atomic E-state index is -0.538. The van der Waals surface area contributed by atoms with E-state index >= 15 is 0 Å². The number of rotatable bonds is 5. The lowest BCUT2D eigenvalue weighted by molar-refractivity contribution is 0.124. The Balaban J connectivity index is 1.93. The smallest absolute Gasteiger partial charge is 0.0931 e. The average molecular weight is 297 g/mol. The summed E-state index contributed by atoms with van der Waals surface area (Å²) in [7, 11) is 1.98. The maximum absolute atomic E-state index is 10.2. The third-order valence-electron chi connectivity index (χ3n) is 2.83. The molecule has 0 saturated heterocycles. The zero-order chi connectivity index (χ0) is 13.8. The first-order valence-electron chi connectivity index (χ1n) is 6.01. The summed E-state index contributed by atoms with van der Waals surface area (Å²) in [4.78, 5) is 3.25. The maximum Gasteiger partial charge on any atom is 0.0931 e. The fourth-order valence-electron chi connectivity index (χ4n) is 1.93. The SMILES string of the molecule is CN(Cc1ccc(Cl)s1)CC(O)c1cccc(N)c1. The summed E-state index contributed by atoms with van der Waals surface area (Å²) in [5.41, 5.74) is 7.23. The van der Waals surface area contributed by atoms with Crippen molar-refractivity contribution in [1.29, 1.82) is 0 Å². The second-order valence-corrected chi connectivity index (χ2v) is 6.39. The molecule has 2 aromatic rings. The number of aliphatic hydroxyl groups excluding tert-OH is 1. The Hall–Kier alpha value is -1.07. The molecule has 1 unspecified atom stereocenters. The fraction of sp³-hybridized carbons (Fsp3) is 0.286. The third kappa shape index (κ3) is 4.21. The number of hydrogen-bond donors (Lipinski definition) is 2. The van der Waals surface area contributed by atoms with Crippen LogP contribution >= 0.6 is 22.9 Å². The van der Waals surface area contributed by atoms with Gasteiger partial charge in [0.2, 0.25) is 0 Å². The first-order chi connectivity index (χ1) is 9.04. The summed E-state index contributed by atoms with van der Waals surface area (Å²) >= 11 is 7.46. The van der Waals surface area contributed by atoms with Crippen molar-refractivity contribution >= 4 is 28.6 Å². The summed E-state index contributed by atoms with van der Waals surface area (Å²) in [5.74, 6) is 0. The van der Waals surface area contributed by atoms with Gasteiger partial charge in [0.1, 0.15) is 0 Å². The van der Waals surface area contributed by atoms with Crippen LogP contribution in [0.5, 0.6) is 0 Å². The van der Waals surface area contributed by atoms with Gasteiger partial charge in [-0.05, 0) is 36.9 Å². The number of nitrogens with two attached hydrogens (primary N) is 1. The fourth-order valence-corrected chi connectivity index (χ4v) is 3.10. The number of hydrogen-bond acceptors (Lipinski definition) is 4. The molecule has 0 radical (unpaired) electrons. The molecule has 5 heteroatoms. The highest BCUT2D eigenvalue weighted by Gasteiger charge is 2.12. The van der Waals surface area contributed by atoms with E-state index in [1.165, 1.54) is 4.88 Å². The standard InChI is InChI=1S/C14H17ClN2OS/c1-17(8-12-5-6-14(15)19-12)9-13(18)10-3-2-4-11(16)7-10/h2-7,13,18H,8-9,16H2,1H3. The van der Waals surface area contributed by atoms with E-state index in [-0.39, 0.29) is 0 Å². The highest BCUT2D eigenvalue weighted by molar-refractivity contribution is 7.16. The van der Waals surface area contributed by atoms with Gasteiger partial charge in [0, 0.05) is 23.7 Å². The van der Waals surface area contributed by atoms with Crippen molar-refractivity contribution in [3.05, 3.63) is 51.2 Å². The molecule has 3 nitrogen and oxygen atoms in total. The number of likely N-dealkylation sites (N-methyl/N-ethyl adjacent to an activating group) is 1. The van der Waals surface area contributed by atoms with Crippen LogP contribution in [-0.4, -0.2) is 23.6 Å². The van der Waals surface area contributed by atoms with Crippen molar-refractivity contribution in [2.75, 3.05) is 19.3 Å². The Morgan fingerprint density at radius 2 is 2.16 bits per heavy atom. The first-order valence-corrected chi connectivity index (χ1v) is 7.20. The van der Waals surface area contributed by atoms with Crippen LogP contribution in [0.4, 0.5) is 5.69 Å². The average Bonchev–Trinajstić information content (AvgIpc) is 2.74. The predicted octanol–water partition coefficient (Wildman–Crippen LogP) is 3.15. The van der Waals surface area contributed by atoms with Crippen molar-refractivity contribution < 1.29 is 5.11 Å². The number of nitrogen functional groups attached to an aromatic ring is 1. The lowest BCUT2D eigenvalue weighted by Gasteiger charge is -2.20. The molecule has 1 heterocycles. The number of anilines is 1. The Labute approximate surface area is 122 Å². The molecule has 1 aromatic heterocycles. The van der Waals surface area contributed by atoms with Gasteiger partial charge in [-0.3, -0.25) is 4.90 Å². The number of halogens is 1. The molecule has 0 aliphatic carbocycles. The predicted molar refractivity (Wildman–Crippen MR) is 81.5 cm³/mol. The van der Waals surface area contributed by atoms with Gasteiger partial charge in [-0.2, -0.15) is 0 Å². The monoisotopic (exact) mass is 296 g/mol. The molecule has 1 atom stereocenters. The van der Waals surface area contributed by atoms with E-state index in [4.69, 9.17) is 17.3 Å². The van der Waals surface area contributed by atoms with E-state index in [2.05, 4.69) is 4.90 Å². The van der Waals surface area contributed by atoms with E-state index in [1.807, 2.05) is 37.4 Å². The van der Waals surface area contributed by atoms with Crippen LogP contribution in [0.1, 0.15) is 16.5 Å². The summed E-state index contributed by atoms with van der Waals surface area (Å²) in [6.07, 6.45) is -0.538. The minimum absolute atomic E-state index is 0.538. The molecule has 19 heavy (non-hydrogen) atoms. The summed E-state index contributed by atoms with van der Waals surface area (Å²) in [6.45, 7) is 1.33. The number of benzene rings is 1. The Bertz CT molecular complexity index is 544. The molecule has 3 N–H and O–H groups in total. The van der Waals surface area contributed by atoms with Crippen molar-refractivity contribution in [1.82, 2.24) is 4.90 Å². The van der Waals surface area contributed by atoms with Crippen molar-refractivity contribution in [3.63, 3.8) is 0 Å². The highest BCUT2D eigenvalue weighted by Crippen LogP contribution is 2.23. The van der Waals surface area contributed by atoms with Gasteiger partial charge in [0.05, 0.1) is 10.4 Å². The summed E-state index contributed by atoms with van der Waals surface area (Å²) in [5, 5.41) is 10.2. The Morgan fingerprint density at radius 1 is 1.37 bits per heavy atom. The molecular weight excluding hydrogens is 280 g/mol. The molecule has 0 bridgehead atoms. The van der Waals surface area contributed by atoms with Gasteiger partial charge in [-0.25, -0.2) is 0 Å². The normalized spacial score (nSPS) is 12.8. The quantitative estimate of drug-likeness (QED) is 0.833. The van der Waals surface area contributed by atoms with Crippen LogP contribution in [0, 0.1) is 0 Å². The van der Waals surface area contributed by atoms with Crippen LogP contribution < -0.4 is 5.73 Å². The van der Waals surface area contributed by atoms with Gasteiger partial charge in [-0.15, -0.1) is 11.3 Å². The first kappa shape index (κ1) is 14.3. The van der Waals surface area contributed by atoms with Crippen LogP contribution in [0.3, 0.4) is 0 Å². The van der Waals surface area contributed by atoms with Gasteiger partial charge in [0.15, 0.2) is 0 Å². The second kappa shape index (κ2) is 6.39.